The van der Waals surface area contributed by atoms with Crippen LogP contribution in [0.2, 0.25) is 5.02 Å². The SMILES string of the molecule is COc1cc(C=C2SC(=S)N(NC(=O)c3ccccc3)C2=O)cc(Cl)c1OC. The summed E-state index contributed by atoms with van der Waals surface area (Å²) < 4.78 is 10.7. The van der Waals surface area contributed by atoms with Gasteiger partial charge in [0.15, 0.2) is 15.8 Å². The highest BCUT2D eigenvalue weighted by Gasteiger charge is 2.33. The van der Waals surface area contributed by atoms with Gasteiger partial charge in [-0.05, 0) is 48.1 Å². The van der Waals surface area contributed by atoms with Crippen LogP contribution in [0.1, 0.15) is 15.9 Å². The minimum Gasteiger partial charge on any atom is -0.493 e. The fraction of sp³-hybridized carbons (Fsp3) is 0.105. The van der Waals surface area contributed by atoms with Gasteiger partial charge in [0, 0.05) is 5.56 Å². The number of thioether (sulfide) groups is 1. The highest BCUT2D eigenvalue weighted by molar-refractivity contribution is 8.26. The number of nitrogens with zero attached hydrogens (tertiary/aromatic N) is 1. The van der Waals surface area contributed by atoms with E-state index in [1.54, 1.807) is 48.5 Å². The van der Waals surface area contributed by atoms with E-state index in [9.17, 15) is 9.59 Å². The molecule has 2 aromatic carbocycles. The molecule has 9 heteroatoms. The summed E-state index contributed by atoms with van der Waals surface area (Å²) in [5.41, 5.74) is 3.59. The van der Waals surface area contributed by atoms with Gasteiger partial charge in [0.05, 0.1) is 24.1 Å². The summed E-state index contributed by atoms with van der Waals surface area (Å²) in [6.07, 6.45) is 1.63. The lowest BCUT2D eigenvalue weighted by molar-refractivity contribution is -0.123. The van der Waals surface area contributed by atoms with E-state index in [-0.39, 0.29) is 4.32 Å². The van der Waals surface area contributed by atoms with Crippen molar-refractivity contribution >= 4 is 57.8 Å². The number of ether oxygens (including phenoxy) is 2. The van der Waals surface area contributed by atoms with Crippen molar-refractivity contribution in [1.29, 1.82) is 0 Å². The molecule has 0 atom stereocenters. The van der Waals surface area contributed by atoms with Crippen molar-refractivity contribution in [3.05, 3.63) is 63.5 Å². The van der Waals surface area contributed by atoms with Gasteiger partial charge in [0.1, 0.15) is 0 Å². The molecule has 0 saturated carbocycles. The van der Waals surface area contributed by atoms with Crippen LogP contribution in [0.25, 0.3) is 6.08 Å². The second-order valence-corrected chi connectivity index (χ2v) is 7.65. The van der Waals surface area contributed by atoms with Crippen LogP contribution in [-0.4, -0.2) is 35.4 Å². The molecule has 1 saturated heterocycles. The Morgan fingerprint density at radius 1 is 1.21 bits per heavy atom. The Kier molecular flexibility index (Phi) is 6.23. The van der Waals surface area contributed by atoms with E-state index in [0.717, 1.165) is 16.8 Å². The molecule has 144 valence electrons. The lowest BCUT2D eigenvalue weighted by Gasteiger charge is -2.15. The third kappa shape index (κ3) is 4.14. The van der Waals surface area contributed by atoms with Crippen molar-refractivity contribution in [2.45, 2.75) is 0 Å². The summed E-state index contributed by atoms with van der Waals surface area (Å²) in [5.74, 6) is -0.00408. The first-order valence-corrected chi connectivity index (χ1v) is 9.60. The molecule has 0 spiro atoms. The molecule has 1 heterocycles. The lowest BCUT2D eigenvalue weighted by atomic mass is 10.2. The fourth-order valence-electron chi connectivity index (χ4n) is 2.49. The maximum Gasteiger partial charge on any atom is 0.285 e. The molecular formula is C19H15ClN2O4S2. The minimum atomic E-state index is -0.426. The summed E-state index contributed by atoms with van der Waals surface area (Å²) in [5, 5.41) is 1.41. The Morgan fingerprint density at radius 3 is 2.57 bits per heavy atom. The monoisotopic (exact) mass is 434 g/mol. The predicted molar refractivity (Wildman–Crippen MR) is 113 cm³/mol. The van der Waals surface area contributed by atoms with E-state index in [1.807, 2.05) is 0 Å². The van der Waals surface area contributed by atoms with Crippen LogP contribution < -0.4 is 14.9 Å². The van der Waals surface area contributed by atoms with Gasteiger partial charge in [-0.1, -0.05) is 41.6 Å². The van der Waals surface area contributed by atoms with Crippen molar-refractivity contribution in [1.82, 2.24) is 10.4 Å². The number of carbonyl (C=O) groups is 2. The number of nitrogens with one attached hydrogen (secondary N) is 1. The molecule has 0 unspecified atom stereocenters. The van der Waals surface area contributed by atoms with E-state index >= 15 is 0 Å². The molecular weight excluding hydrogens is 420 g/mol. The number of methoxy groups -OCH3 is 2. The number of hydrogen-bond donors (Lipinski definition) is 1. The van der Waals surface area contributed by atoms with Crippen LogP contribution in [0.5, 0.6) is 11.5 Å². The smallest absolute Gasteiger partial charge is 0.285 e. The summed E-state index contributed by atoms with van der Waals surface area (Å²) in [7, 11) is 2.99. The zero-order valence-electron chi connectivity index (χ0n) is 14.9. The average molecular weight is 435 g/mol. The van der Waals surface area contributed by atoms with Crippen LogP contribution in [0, 0.1) is 0 Å². The number of halogens is 1. The largest absolute Gasteiger partial charge is 0.493 e. The van der Waals surface area contributed by atoms with Gasteiger partial charge in [-0.25, -0.2) is 0 Å². The number of benzene rings is 2. The standard InChI is InChI=1S/C19H15ClN2O4S2/c1-25-14-9-11(8-13(20)16(14)26-2)10-15-18(24)22(19(27)28-15)21-17(23)12-6-4-3-5-7-12/h3-10H,1-2H3,(H,21,23). The minimum absolute atomic E-state index is 0.229. The number of amides is 2. The van der Waals surface area contributed by atoms with Gasteiger partial charge in [0.2, 0.25) is 0 Å². The molecule has 2 amide bonds. The molecule has 28 heavy (non-hydrogen) atoms. The van der Waals surface area contributed by atoms with Gasteiger partial charge in [0.25, 0.3) is 11.8 Å². The van der Waals surface area contributed by atoms with Gasteiger partial charge >= 0.3 is 0 Å². The summed E-state index contributed by atoms with van der Waals surface area (Å²) in [4.78, 5) is 25.4. The molecule has 1 aliphatic rings. The highest BCUT2D eigenvalue weighted by atomic mass is 35.5. The average Bonchev–Trinajstić information content (AvgIpc) is 2.95. The number of hydrazine groups is 1. The van der Waals surface area contributed by atoms with Gasteiger partial charge < -0.3 is 9.47 Å². The van der Waals surface area contributed by atoms with Crippen LogP contribution in [0.15, 0.2) is 47.4 Å². The van der Waals surface area contributed by atoms with E-state index in [0.29, 0.717) is 32.6 Å². The highest BCUT2D eigenvalue weighted by Crippen LogP contribution is 2.38. The first-order valence-electron chi connectivity index (χ1n) is 8.00. The van der Waals surface area contributed by atoms with Crippen molar-refractivity contribution in [3.8, 4) is 11.5 Å². The molecule has 0 aromatic heterocycles. The Labute approximate surface area is 176 Å². The molecule has 2 aromatic rings. The third-order valence-corrected chi connectivity index (χ3v) is 5.38. The first kappa shape index (κ1) is 20.2. The van der Waals surface area contributed by atoms with Crippen LogP contribution in [-0.2, 0) is 4.79 Å². The Bertz CT molecular complexity index is 979. The molecule has 1 aliphatic heterocycles. The van der Waals surface area contributed by atoms with E-state index in [4.69, 9.17) is 33.3 Å². The van der Waals surface area contributed by atoms with Crippen LogP contribution in [0.3, 0.4) is 0 Å². The Hall–Kier alpha value is -2.55. The summed E-state index contributed by atoms with van der Waals surface area (Å²) in [6, 6.07) is 11.9. The number of rotatable bonds is 5. The molecule has 0 aliphatic carbocycles. The molecule has 6 nitrogen and oxygen atoms in total. The second-order valence-electron chi connectivity index (χ2n) is 5.56. The fourth-order valence-corrected chi connectivity index (χ4v) is 3.97. The molecule has 1 fully saturated rings. The zero-order chi connectivity index (χ0) is 20.3. The zero-order valence-corrected chi connectivity index (χ0v) is 17.3. The predicted octanol–water partition coefficient (Wildman–Crippen LogP) is 3.90. The third-order valence-electron chi connectivity index (χ3n) is 3.80. The van der Waals surface area contributed by atoms with Gasteiger partial charge in [-0.2, -0.15) is 5.01 Å². The van der Waals surface area contributed by atoms with E-state index < -0.39 is 11.8 Å². The second kappa shape index (κ2) is 8.64. The molecule has 0 bridgehead atoms. The van der Waals surface area contributed by atoms with Crippen molar-refractivity contribution in [2.24, 2.45) is 0 Å². The van der Waals surface area contributed by atoms with Gasteiger partial charge in [-0.15, -0.1) is 0 Å². The molecule has 3 rings (SSSR count). The van der Waals surface area contributed by atoms with E-state index in [2.05, 4.69) is 5.43 Å². The summed E-state index contributed by atoms with van der Waals surface area (Å²) in [6.45, 7) is 0. The van der Waals surface area contributed by atoms with Crippen LogP contribution >= 0.6 is 35.6 Å². The topological polar surface area (TPSA) is 67.9 Å². The van der Waals surface area contributed by atoms with Crippen LogP contribution in [0.4, 0.5) is 0 Å². The molecule has 1 N–H and O–H groups in total. The Balaban J connectivity index is 1.83. The quantitative estimate of drug-likeness (QED) is 0.568. The van der Waals surface area contributed by atoms with Crippen molar-refractivity contribution < 1.29 is 19.1 Å². The first-order chi connectivity index (χ1) is 13.4. The number of hydrogen-bond acceptors (Lipinski definition) is 6. The normalized spacial score (nSPS) is 15.1. The lowest BCUT2D eigenvalue weighted by Crippen LogP contribution is -2.44. The number of thiocarbonyl (C=S) groups is 1. The molecule has 0 radical (unpaired) electrons. The van der Waals surface area contributed by atoms with Crippen molar-refractivity contribution in [2.75, 3.05) is 14.2 Å². The summed E-state index contributed by atoms with van der Waals surface area (Å²) >= 11 is 12.5. The number of carbonyl (C=O) groups excluding carboxylic acids is 2. The maximum atomic E-state index is 12.7. The van der Waals surface area contributed by atoms with Crippen molar-refractivity contribution in [3.63, 3.8) is 0 Å². The van der Waals surface area contributed by atoms with E-state index in [1.165, 1.54) is 14.2 Å². The Morgan fingerprint density at radius 2 is 1.93 bits per heavy atom. The van der Waals surface area contributed by atoms with Gasteiger partial charge in [-0.3, -0.25) is 15.0 Å². The maximum absolute atomic E-state index is 12.7.